The van der Waals surface area contributed by atoms with Crippen LogP contribution in [-0.2, 0) is 0 Å². The van der Waals surface area contributed by atoms with Crippen LogP contribution in [0.1, 0.15) is 25.3 Å². The van der Waals surface area contributed by atoms with Crippen molar-refractivity contribution in [3.8, 4) is 0 Å². The molecule has 1 aliphatic rings. The van der Waals surface area contributed by atoms with Gasteiger partial charge < -0.3 is 5.73 Å². The molecule has 0 unspecified atom stereocenters. The van der Waals surface area contributed by atoms with Gasteiger partial charge in [-0.1, -0.05) is 47.4 Å². The first-order valence-corrected chi connectivity index (χ1v) is 5.82. The van der Waals surface area contributed by atoms with Crippen molar-refractivity contribution in [2.24, 2.45) is 11.1 Å². The van der Waals surface area contributed by atoms with Gasteiger partial charge in [-0.15, -0.1) is 0 Å². The lowest BCUT2D eigenvalue weighted by Crippen LogP contribution is -2.06. The summed E-state index contributed by atoms with van der Waals surface area (Å²) < 4.78 is 1.01. The molecule has 76 valence electrons. The summed E-state index contributed by atoms with van der Waals surface area (Å²) in [6.45, 7) is 4.36. The van der Waals surface area contributed by atoms with Gasteiger partial charge in [0, 0.05) is 21.5 Å². The van der Waals surface area contributed by atoms with Gasteiger partial charge in [0.25, 0.3) is 0 Å². The van der Waals surface area contributed by atoms with Crippen LogP contribution in [0.15, 0.2) is 22.7 Å². The zero-order valence-electron chi connectivity index (χ0n) is 8.22. The van der Waals surface area contributed by atoms with Gasteiger partial charge in [0.1, 0.15) is 0 Å². The SMILES string of the molecule is CC1(C)[C@@H](N)[C@@H]1c1ccc(Br)cc1Cl. The molecule has 1 aromatic carbocycles. The third kappa shape index (κ3) is 1.50. The fourth-order valence-corrected chi connectivity index (χ4v) is 2.82. The molecule has 0 radical (unpaired) electrons. The van der Waals surface area contributed by atoms with Crippen LogP contribution in [0.4, 0.5) is 0 Å². The Morgan fingerprint density at radius 2 is 2.00 bits per heavy atom. The Kier molecular flexibility index (Phi) is 2.41. The van der Waals surface area contributed by atoms with E-state index in [0.717, 1.165) is 9.50 Å². The van der Waals surface area contributed by atoms with Gasteiger partial charge in [0.2, 0.25) is 0 Å². The number of hydrogen-bond donors (Lipinski definition) is 1. The van der Waals surface area contributed by atoms with Crippen molar-refractivity contribution in [3.63, 3.8) is 0 Å². The van der Waals surface area contributed by atoms with Crippen molar-refractivity contribution in [2.75, 3.05) is 0 Å². The van der Waals surface area contributed by atoms with E-state index in [1.54, 1.807) is 0 Å². The van der Waals surface area contributed by atoms with Crippen LogP contribution >= 0.6 is 27.5 Å². The van der Waals surface area contributed by atoms with E-state index in [-0.39, 0.29) is 11.5 Å². The van der Waals surface area contributed by atoms with Gasteiger partial charge in [0.05, 0.1) is 0 Å². The normalized spacial score (nSPS) is 28.9. The van der Waals surface area contributed by atoms with E-state index in [2.05, 4.69) is 35.8 Å². The van der Waals surface area contributed by atoms with Crippen LogP contribution in [0.5, 0.6) is 0 Å². The Labute approximate surface area is 97.8 Å². The number of rotatable bonds is 1. The second-order valence-electron chi connectivity index (χ2n) is 4.49. The molecule has 1 aliphatic carbocycles. The highest BCUT2D eigenvalue weighted by atomic mass is 79.9. The van der Waals surface area contributed by atoms with Crippen molar-refractivity contribution < 1.29 is 0 Å². The predicted octanol–water partition coefficient (Wildman–Crippen LogP) is 3.55. The fourth-order valence-electron chi connectivity index (χ4n) is 2.03. The summed E-state index contributed by atoms with van der Waals surface area (Å²) in [7, 11) is 0. The van der Waals surface area contributed by atoms with Crippen LogP contribution < -0.4 is 5.73 Å². The first-order valence-electron chi connectivity index (χ1n) is 4.65. The molecule has 0 amide bonds. The lowest BCUT2D eigenvalue weighted by Gasteiger charge is -2.05. The minimum atomic E-state index is 0.192. The Bertz CT molecular complexity index is 376. The van der Waals surface area contributed by atoms with E-state index in [4.69, 9.17) is 17.3 Å². The van der Waals surface area contributed by atoms with Crippen LogP contribution in [0.3, 0.4) is 0 Å². The molecule has 2 atom stereocenters. The molecular weight excluding hydrogens is 261 g/mol. The average molecular weight is 275 g/mol. The molecule has 1 fully saturated rings. The first-order chi connectivity index (χ1) is 6.44. The summed E-state index contributed by atoms with van der Waals surface area (Å²) in [6.07, 6.45) is 0. The molecule has 3 heteroatoms. The topological polar surface area (TPSA) is 26.0 Å². The molecule has 0 heterocycles. The third-order valence-corrected chi connectivity index (χ3v) is 4.03. The summed E-state index contributed by atoms with van der Waals surface area (Å²) >= 11 is 9.57. The standard InChI is InChI=1S/C11H13BrClN/c1-11(2)9(10(11)14)7-4-3-6(12)5-8(7)13/h3-5,9-10H,14H2,1-2H3/t9-,10-/m0/s1. The van der Waals surface area contributed by atoms with Gasteiger partial charge in [-0.2, -0.15) is 0 Å². The molecule has 0 spiro atoms. The van der Waals surface area contributed by atoms with Crippen LogP contribution in [0, 0.1) is 5.41 Å². The second-order valence-corrected chi connectivity index (χ2v) is 5.81. The number of hydrogen-bond acceptors (Lipinski definition) is 1. The minimum Gasteiger partial charge on any atom is -0.327 e. The predicted molar refractivity (Wildman–Crippen MR) is 63.6 cm³/mol. The highest BCUT2D eigenvalue weighted by Gasteiger charge is 2.56. The maximum absolute atomic E-state index is 6.17. The minimum absolute atomic E-state index is 0.192. The smallest absolute Gasteiger partial charge is 0.0452 e. The van der Waals surface area contributed by atoms with Crippen molar-refractivity contribution in [2.45, 2.75) is 25.8 Å². The second kappa shape index (κ2) is 3.22. The molecule has 0 saturated heterocycles. The maximum Gasteiger partial charge on any atom is 0.0452 e. The molecule has 1 aromatic rings. The summed E-state index contributed by atoms with van der Waals surface area (Å²) in [5.74, 6) is 0.406. The van der Waals surface area contributed by atoms with Gasteiger partial charge in [-0.05, 0) is 23.1 Å². The molecule has 1 nitrogen and oxygen atoms in total. The van der Waals surface area contributed by atoms with Gasteiger partial charge in [0.15, 0.2) is 0 Å². The van der Waals surface area contributed by atoms with Gasteiger partial charge >= 0.3 is 0 Å². The summed E-state index contributed by atoms with van der Waals surface area (Å²) in [5.41, 5.74) is 7.38. The Balaban J connectivity index is 2.36. The van der Waals surface area contributed by atoms with Crippen molar-refractivity contribution in [1.29, 1.82) is 0 Å². The van der Waals surface area contributed by atoms with Crippen molar-refractivity contribution in [1.82, 2.24) is 0 Å². The highest BCUT2D eigenvalue weighted by molar-refractivity contribution is 9.10. The molecule has 1 saturated carbocycles. The van der Waals surface area contributed by atoms with E-state index >= 15 is 0 Å². The largest absolute Gasteiger partial charge is 0.327 e. The van der Waals surface area contributed by atoms with E-state index < -0.39 is 0 Å². The van der Waals surface area contributed by atoms with Gasteiger partial charge in [-0.3, -0.25) is 0 Å². The molecule has 0 aromatic heterocycles. The number of benzene rings is 1. The maximum atomic E-state index is 6.17. The number of halogens is 2. The Morgan fingerprint density at radius 3 is 2.43 bits per heavy atom. The van der Waals surface area contributed by atoms with Crippen molar-refractivity contribution >= 4 is 27.5 Å². The molecule has 2 N–H and O–H groups in total. The lowest BCUT2D eigenvalue weighted by molar-refractivity contribution is 0.599. The van der Waals surface area contributed by atoms with Crippen molar-refractivity contribution in [3.05, 3.63) is 33.3 Å². The number of nitrogens with two attached hydrogens (primary N) is 1. The lowest BCUT2D eigenvalue weighted by atomic mass is 10.0. The summed E-state index contributed by atoms with van der Waals surface area (Å²) in [6, 6.07) is 6.24. The molecular formula is C11H13BrClN. The Morgan fingerprint density at radius 1 is 1.43 bits per heavy atom. The zero-order valence-corrected chi connectivity index (χ0v) is 10.6. The van der Waals surface area contributed by atoms with Crippen LogP contribution in [0.2, 0.25) is 5.02 Å². The monoisotopic (exact) mass is 273 g/mol. The third-order valence-electron chi connectivity index (χ3n) is 3.21. The van der Waals surface area contributed by atoms with E-state index in [1.807, 2.05) is 12.1 Å². The van der Waals surface area contributed by atoms with Crippen LogP contribution in [-0.4, -0.2) is 6.04 Å². The summed E-state index contributed by atoms with van der Waals surface area (Å²) in [5, 5.41) is 0.811. The zero-order chi connectivity index (χ0) is 10.5. The molecule has 2 rings (SSSR count). The van der Waals surface area contributed by atoms with E-state index in [9.17, 15) is 0 Å². The highest BCUT2D eigenvalue weighted by Crippen LogP contribution is 2.58. The van der Waals surface area contributed by atoms with E-state index in [0.29, 0.717) is 5.92 Å². The summed E-state index contributed by atoms with van der Waals surface area (Å²) in [4.78, 5) is 0. The average Bonchev–Trinajstić information content (AvgIpc) is 2.54. The van der Waals surface area contributed by atoms with Crippen LogP contribution in [0.25, 0.3) is 0 Å². The molecule has 0 bridgehead atoms. The fraction of sp³-hybridized carbons (Fsp3) is 0.455. The quantitative estimate of drug-likeness (QED) is 0.833. The molecule has 0 aliphatic heterocycles. The molecule has 14 heavy (non-hydrogen) atoms. The Hall–Kier alpha value is -0.0500. The van der Waals surface area contributed by atoms with E-state index in [1.165, 1.54) is 5.56 Å². The van der Waals surface area contributed by atoms with Gasteiger partial charge in [-0.25, -0.2) is 0 Å². The first kappa shape index (κ1) is 10.5.